The van der Waals surface area contributed by atoms with Gasteiger partial charge in [0.15, 0.2) is 5.11 Å². The Kier molecular flexibility index (Phi) is 12.6. The summed E-state index contributed by atoms with van der Waals surface area (Å²) in [5, 5.41) is 9.65. The molecular weight excluding hydrogens is 582 g/mol. The zero-order valence-electron chi connectivity index (χ0n) is 27.9. The van der Waals surface area contributed by atoms with E-state index in [4.69, 9.17) is 21.7 Å². The van der Waals surface area contributed by atoms with Crippen molar-refractivity contribution >= 4 is 34.9 Å². The maximum atomic E-state index is 13.7. The second-order valence-corrected chi connectivity index (χ2v) is 14.2. The summed E-state index contributed by atoms with van der Waals surface area (Å²) in [5.41, 5.74) is 3.31. The molecule has 1 amide bonds. The van der Waals surface area contributed by atoms with Crippen molar-refractivity contribution in [2.24, 2.45) is 5.92 Å². The van der Waals surface area contributed by atoms with Crippen molar-refractivity contribution in [2.45, 2.75) is 97.9 Å². The first-order chi connectivity index (χ1) is 21.1. The average Bonchev–Trinajstić information content (AvgIpc) is 2.95. The van der Waals surface area contributed by atoms with E-state index in [1.807, 2.05) is 101 Å². The Morgan fingerprint density at radius 2 is 1.40 bits per heavy atom. The van der Waals surface area contributed by atoms with E-state index >= 15 is 0 Å². The molecule has 2 atom stereocenters. The van der Waals surface area contributed by atoms with Gasteiger partial charge in [-0.05, 0) is 91.7 Å². The Balaban J connectivity index is 1.70. The first kappa shape index (κ1) is 35.6. The van der Waals surface area contributed by atoms with Crippen molar-refractivity contribution in [3.63, 3.8) is 0 Å². The lowest BCUT2D eigenvalue weighted by Gasteiger charge is -2.27. The monoisotopic (exact) mass is 631 g/mol. The fraction of sp³-hybridized carbons (Fsp3) is 0.432. The molecule has 242 valence electrons. The highest BCUT2D eigenvalue weighted by Crippen LogP contribution is 2.23. The number of carbonyl (C=O) groups is 2. The molecule has 0 aromatic heterocycles. The fourth-order valence-corrected chi connectivity index (χ4v) is 4.88. The van der Waals surface area contributed by atoms with Gasteiger partial charge in [0.05, 0.1) is 0 Å². The predicted molar refractivity (Wildman–Crippen MR) is 186 cm³/mol. The standard InChI is InChI=1S/C37H49N3O4S/c1-25(2)22-31(40-35(45)38-29-18-16-28(17-19-29)36(3,4)5)33(41)39-32(34(42)44-37(6,7)8)23-26-14-20-30(21-15-26)43-24-27-12-10-9-11-13-27/h9-21,25,31-32H,22-24H2,1-8H3,(H,39,41)(H2,38,40,45)/t31-,32-/m0/s1. The number of anilines is 1. The van der Waals surface area contributed by atoms with E-state index in [-0.39, 0.29) is 23.7 Å². The first-order valence-corrected chi connectivity index (χ1v) is 16.0. The van der Waals surface area contributed by atoms with Gasteiger partial charge in [0.25, 0.3) is 0 Å². The molecular formula is C37H49N3O4S. The summed E-state index contributed by atoms with van der Waals surface area (Å²) < 4.78 is 11.6. The number of amides is 1. The molecule has 0 aliphatic carbocycles. The van der Waals surface area contributed by atoms with Crippen LogP contribution in [0.4, 0.5) is 5.69 Å². The lowest BCUT2D eigenvalue weighted by molar-refractivity contribution is -0.158. The summed E-state index contributed by atoms with van der Waals surface area (Å²) in [6, 6.07) is 24.0. The van der Waals surface area contributed by atoms with Crippen LogP contribution in [0.15, 0.2) is 78.9 Å². The van der Waals surface area contributed by atoms with E-state index in [2.05, 4.69) is 48.9 Å². The molecule has 0 radical (unpaired) electrons. The highest BCUT2D eigenvalue weighted by Gasteiger charge is 2.30. The van der Waals surface area contributed by atoms with Crippen LogP contribution in [0.2, 0.25) is 0 Å². The maximum absolute atomic E-state index is 13.7. The molecule has 0 aliphatic rings. The van der Waals surface area contributed by atoms with Gasteiger partial charge in [-0.1, -0.05) is 89.2 Å². The second kappa shape index (κ2) is 15.9. The summed E-state index contributed by atoms with van der Waals surface area (Å²) in [7, 11) is 0. The number of benzene rings is 3. The fourth-order valence-electron chi connectivity index (χ4n) is 4.62. The third-order valence-electron chi connectivity index (χ3n) is 6.96. The van der Waals surface area contributed by atoms with Crippen molar-refractivity contribution in [1.82, 2.24) is 10.6 Å². The van der Waals surface area contributed by atoms with Gasteiger partial charge in [-0.25, -0.2) is 4.79 Å². The van der Waals surface area contributed by atoms with Crippen LogP contribution in [-0.4, -0.2) is 34.7 Å². The second-order valence-electron chi connectivity index (χ2n) is 13.8. The van der Waals surface area contributed by atoms with Gasteiger partial charge in [-0.2, -0.15) is 0 Å². The third-order valence-corrected chi connectivity index (χ3v) is 7.18. The molecule has 0 aliphatic heterocycles. The number of esters is 1. The normalized spacial score (nSPS) is 13.0. The molecule has 8 heteroatoms. The minimum Gasteiger partial charge on any atom is -0.489 e. The summed E-state index contributed by atoms with van der Waals surface area (Å²) >= 11 is 5.59. The zero-order chi connectivity index (χ0) is 33.2. The number of hydrogen-bond donors (Lipinski definition) is 3. The quantitative estimate of drug-likeness (QED) is 0.142. The van der Waals surface area contributed by atoms with E-state index in [0.29, 0.717) is 18.1 Å². The van der Waals surface area contributed by atoms with Crippen LogP contribution in [0.25, 0.3) is 0 Å². The third kappa shape index (κ3) is 12.5. The van der Waals surface area contributed by atoms with Crippen LogP contribution in [0.1, 0.15) is 78.5 Å². The van der Waals surface area contributed by atoms with Gasteiger partial charge in [0, 0.05) is 12.1 Å². The Labute approximate surface area is 274 Å². The van der Waals surface area contributed by atoms with E-state index < -0.39 is 23.7 Å². The number of rotatable bonds is 12. The molecule has 3 aromatic rings. The van der Waals surface area contributed by atoms with Crippen LogP contribution in [0.3, 0.4) is 0 Å². The molecule has 3 rings (SSSR count). The Hall–Kier alpha value is -3.91. The predicted octanol–water partition coefficient (Wildman–Crippen LogP) is 7.33. The highest BCUT2D eigenvalue weighted by atomic mass is 32.1. The lowest BCUT2D eigenvalue weighted by Crippen LogP contribution is -2.54. The molecule has 0 bridgehead atoms. The minimum absolute atomic E-state index is 0.0423. The zero-order valence-corrected chi connectivity index (χ0v) is 28.7. The summed E-state index contributed by atoms with van der Waals surface area (Å²) in [4.78, 5) is 27.0. The number of hydrogen-bond acceptors (Lipinski definition) is 5. The van der Waals surface area contributed by atoms with Gasteiger partial charge in [0.2, 0.25) is 5.91 Å². The first-order valence-electron chi connectivity index (χ1n) is 15.6. The summed E-state index contributed by atoms with van der Waals surface area (Å²) in [5.74, 6) is 0.0963. The van der Waals surface area contributed by atoms with Crippen molar-refractivity contribution in [3.8, 4) is 5.75 Å². The van der Waals surface area contributed by atoms with Crippen molar-refractivity contribution < 1.29 is 19.1 Å². The number of nitrogens with one attached hydrogen (secondary N) is 3. The Morgan fingerprint density at radius 3 is 1.96 bits per heavy atom. The van der Waals surface area contributed by atoms with Gasteiger partial charge < -0.3 is 25.4 Å². The van der Waals surface area contributed by atoms with Crippen molar-refractivity contribution in [2.75, 3.05) is 5.32 Å². The smallest absolute Gasteiger partial charge is 0.329 e. The molecule has 0 saturated carbocycles. The van der Waals surface area contributed by atoms with E-state index in [1.54, 1.807) is 0 Å². The maximum Gasteiger partial charge on any atom is 0.329 e. The Morgan fingerprint density at radius 1 is 0.778 bits per heavy atom. The van der Waals surface area contributed by atoms with Crippen LogP contribution < -0.4 is 20.7 Å². The molecule has 0 spiro atoms. The van der Waals surface area contributed by atoms with Gasteiger partial charge in [-0.3, -0.25) is 4.79 Å². The SMILES string of the molecule is CC(C)C[C@H](NC(=S)Nc1ccc(C(C)(C)C)cc1)C(=O)N[C@@H](Cc1ccc(OCc2ccccc2)cc1)C(=O)OC(C)(C)C. The molecule has 0 unspecified atom stereocenters. The highest BCUT2D eigenvalue weighted by molar-refractivity contribution is 7.80. The lowest BCUT2D eigenvalue weighted by atomic mass is 9.87. The molecule has 45 heavy (non-hydrogen) atoms. The summed E-state index contributed by atoms with van der Waals surface area (Å²) in [6.45, 7) is 16.5. The molecule has 3 N–H and O–H groups in total. The van der Waals surface area contributed by atoms with Crippen LogP contribution in [0.5, 0.6) is 5.75 Å². The van der Waals surface area contributed by atoms with Crippen LogP contribution in [0, 0.1) is 5.92 Å². The van der Waals surface area contributed by atoms with Gasteiger partial charge in [-0.15, -0.1) is 0 Å². The molecule has 3 aromatic carbocycles. The van der Waals surface area contributed by atoms with Crippen molar-refractivity contribution in [1.29, 1.82) is 0 Å². The molecule has 7 nitrogen and oxygen atoms in total. The molecule has 0 fully saturated rings. The van der Waals surface area contributed by atoms with E-state index in [1.165, 1.54) is 5.56 Å². The van der Waals surface area contributed by atoms with Crippen LogP contribution >= 0.6 is 12.2 Å². The molecule has 0 heterocycles. The number of ether oxygens (including phenoxy) is 2. The topological polar surface area (TPSA) is 88.7 Å². The van der Waals surface area contributed by atoms with E-state index in [0.717, 1.165) is 22.6 Å². The minimum atomic E-state index is -0.893. The Bertz CT molecular complexity index is 1390. The van der Waals surface area contributed by atoms with Gasteiger partial charge in [0.1, 0.15) is 30.0 Å². The number of carbonyl (C=O) groups excluding carboxylic acids is 2. The largest absolute Gasteiger partial charge is 0.489 e. The van der Waals surface area contributed by atoms with E-state index in [9.17, 15) is 9.59 Å². The van der Waals surface area contributed by atoms with Crippen LogP contribution in [-0.2, 0) is 32.8 Å². The molecule has 0 saturated heterocycles. The average molecular weight is 632 g/mol. The summed E-state index contributed by atoms with van der Waals surface area (Å²) in [6.07, 6.45) is 0.780. The van der Waals surface area contributed by atoms with Crippen molar-refractivity contribution in [3.05, 3.63) is 95.6 Å². The van der Waals surface area contributed by atoms with Gasteiger partial charge >= 0.3 is 5.97 Å². The number of thiocarbonyl (C=S) groups is 1.